The first kappa shape index (κ1) is 13.1. The van der Waals surface area contributed by atoms with E-state index in [0.717, 1.165) is 24.9 Å². The number of nitrogens with zero attached hydrogens (tertiary/aromatic N) is 2. The smallest absolute Gasteiger partial charge is 0.178 e. The van der Waals surface area contributed by atoms with Gasteiger partial charge in [-0.3, -0.25) is 5.10 Å². The lowest BCUT2D eigenvalue weighted by molar-refractivity contribution is 1.12. The van der Waals surface area contributed by atoms with E-state index in [1.165, 1.54) is 0 Å². The highest BCUT2D eigenvalue weighted by molar-refractivity contribution is 14.1. The molecule has 7 heteroatoms. The van der Waals surface area contributed by atoms with E-state index in [0.29, 0.717) is 10.8 Å². The lowest BCUT2D eigenvalue weighted by atomic mass is 10.3. The Morgan fingerprint density at radius 2 is 2.11 bits per heavy atom. The molecule has 0 saturated heterocycles. The summed E-state index contributed by atoms with van der Waals surface area (Å²) in [6.45, 7) is 0. The molecule has 0 aliphatic rings. The summed E-state index contributed by atoms with van der Waals surface area (Å²) in [5.41, 5.74) is 2.54. The van der Waals surface area contributed by atoms with Crippen LogP contribution in [0.3, 0.4) is 0 Å². The Morgan fingerprint density at radius 3 is 2.89 bits per heavy atom. The van der Waals surface area contributed by atoms with Crippen molar-refractivity contribution in [3.05, 3.63) is 43.5 Å². The molecule has 2 aromatic heterocycles. The van der Waals surface area contributed by atoms with Crippen molar-refractivity contribution in [3.8, 4) is 0 Å². The van der Waals surface area contributed by atoms with Gasteiger partial charge >= 0.3 is 0 Å². The van der Waals surface area contributed by atoms with Crippen molar-refractivity contribution in [2.24, 2.45) is 0 Å². The van der Waals surface area contributed by atoms with Gasteiger partial charge in [-0.05, 0) is 68.9 Å². The van der Waals surface area contributed by atoms with Crippen molar-refractivity contribution in [1.29, 1.82) is 0 Å². The standard InChI is InChI=1S/C12H7BrClIN4/c13-10-2-1-9-11(17-10)12(19-18-9)16-8-4-6(14)3-7(15)5-8/h1-5H,(H2,16,18,19). The minimum atomic E-state index is 0.675. The molecule has 2 N–H and O–H groups in total. The summed E-state index contributed by atoms with van der Waals surface area (Å²) in [7, 11) is 0. The molecule has 0 atom stereocenters. The first-order valence-corrected chi connectivity index (χ1v) is 7.60. The number of halogens is 3. The molecule has 0 radical (unpaired) electrons. The van der Waals surface area contributed by atoms with Crippen LogP contribution in [0.2, 0.25) is 5.02 Å². The summed E-state index contributed by atoms with van der Waals surface area (Å²) in [5.74, 6) is 0.675. The highest BCUT2D eigenvalue weighted by atomic mass is 127. The van der Waals surface area contributed by atoms with Gasteiger partial charge in [0, 0.05) is 14.3 Å². The monoisotopic (exact) mass is 448 g/mol. The van der Waals surface area contributed by atoms with Crippen molar-refractivity contribution < 1.29 is 0 Å². The van der Waals surface area contributed by atoms with Gasteiger partial charge in [0.05, 0.1) is 5.52 Å². The molecule has 1 aromatic carbocycles. The van der Waals surface area contributed by atoms with Crippen LogP contribution in [0.5, 0.6) is 0 Å². The van der Waals surface area contributed by atoms with Gasteiger partial charge in [0.15, 0.2) is 5.82 Å². The molecular weight excluding hydrogens is 442 g/mol. The fourth-order valence-corrected chi connectivity index (χ4v) is 3.12. The molecule has 0 aliphatic carbocycles. The van der Waals surface area contributed by atoms with Gasteiger partial charge in [0.2, 0.25) is 0 Å². The molecule has 0 bridgehead atoms. The number of pyridine rings is 1. The van der Waals surface area contributed by atoms with Crippen LogP contribution in [0, 0.1) is 3.57 Å². The second-order valence-corrected chi connectivity index (χ2v) is 6.38. The summed E-state index contributed by atoms with van der Waals surface area (Å²) in [6.07, 6.45) is 0. The zero-order valence-corrected chi connectivity index (χ0v) is 13.9. The maximum absolute atomic E-state index is 6.04. The van der Waals surface area contributed by atoms with Crippen LogP contribution in [-0.4, -0.2) is 15.2 Å². The maximum atomic E-state index is 6.04. The predicted molar refractivity (Wildman–Crippen MR) is 89.0 cm³/mol. The van der Waals surface area contributed by atoms with Gasteiger partial charge in [0.25, 0.3) is 0 Å². The Morgan fingerprint density at radius 1 is 1.26 bits per heavy atom. The number of aromatic amines is 1. The highest BCUT2D eigenvalue weighted by Gasteiger charge is 2.08. The molecule has 96 valence electrons. The van der Waals surface area contributed by atoms with Gasteiger partial charge in [-0.2, -0.15) is 5.10 Å². The van der Waals surface area contributed by atoms with E-state index >= 15 is 0 Å². The summed E-state index contributed by atoms with van der Waals surface area (Å²) >= 11 is 11.6. The average Bonchev–Trinajstić information content (AvgIpc) is 2.70. The van der Waals surface area contributed by atoms with Gasteiger partial charge in [-0.1, -0.05) is 11.6 Å². The minimum absolute atomic E-state index is 0.675. The number of hydrogen-bond acceptors (Lipinski definition) is 3. The maximum Gasteiger partial charge on any atom is 0.178 e. The number of benzene rings is 1. The largest absolute Gasteiger partial charge is 0.337 e. The van der Waals surface area contributed by atoms with Gasteiger partial charge < -0.3 is 5.32 Å². The summed E-state index contributed by atoms with van der Waals surface area (Å²) in [6, 6.07) is 9.52. The van der Waals surface area contributed by atoms with Gasteiger partial charge in [0.1, 0.15) is 10.1 Å². The van der Waals surface area contributed by atoms with Gasteiger partial charge in [-0.25, -0.2) is 4.98 Å². The Balaban J connectivity index is 2.03. The number of fused-ring (bicyclic) bond motifs is 1. The Kier molecular flexibility index (Phi) is 3.64. The molecular formula is C12H7BrClIN4. The molecule has 0 unspecified atom stereocenters. The van der Waals surface area contributed by atoms with Crippen molar-refractivity contribution in [1.82, 2.24) is 15.2 Å². The third kappa shape index (κ3) is 2.85. The third-order valence-corrected chi connectivity index (χ3v) is 3.78. The van der Waals surface area contributed by atoms with Crippen LogP contribution < -0.4 is 5.32 Å². The number of aromatic nitrogens is 3. The predicted octanol–water partition coefficient (Wildman–Crippen LogP) is 4.72. The van der Waals surface area contributed by atoms with E-state index in [9.17, 15) is 0 Å². The molecule has 0 aliphatic heterocycles. The van der Waals surface area contributed by atoms with E-state index in [4.69, 9.17) is 11.6 Å². The van der Waals surface area contributed by atoms with Crippen LogP contribution in [-0.2, 0) is 0 Å². The molecule has 3 aromatic rings. The normalized spacial score (nSPS) is 10.9. The van der Waals surface area contributed by atoms with Crippen LogP contribution in [0.25, 0.3) is 11.0 Å². The lowest BCUT2D eigenvalue weighted by Crippen LogP contribution is -1.92. The fourth-order valence-electron chi connectivity index (χ4n) is 1.73. The molecule has 2 heterocycles. The summed E-state index contributed by atoms with van der Waals surface area (Å²) in [5, 5.41) is 11.1. The van der Waals surface area contributed by atoms with E-state index < -0.39 is 0 Å². The lowest BCUT2D eigenvalue weighted by Gasteiger charge is -2.04. The van der Waals surface area contributed by atoms with Crippen molar-refractivity contribution in [2.75, 3.05) is 5.32 Å². The number of H-pyrrole nitrogens is 1. The minimum Gasteiger partial charge on any atom is -0.337 e. The van der Waals surface area contributed by atoms with E-state index in [-0.39, 0.29) is 0 Å². The second kappa shape index (κ2) is 5.26. The van der Waals surface area contributed by atoms with E-state index in [2.05, 4.69) is 59.0 Å². The highest BCUT2D eigenvalue weighted by Crippen LogP contribution is 2.26. The fraction of sp³-hybridized carbons (Fsp3) is 0. The number of rotatable bonds is 2. The molecule has 0 fully saturated rings. The third-order valence-electron chi connectivity index (χ3n) is 2.50. The number of nitrogens with one attached hydrogen (secondary N) is 2. The molecule has 0 amide bonds. The first-order valence-electron chi connectivity index (χ1n) is 5.35. The van der Waals surface area contributed by atoms with Crippen LogP contribution in [0.4, 0.5) is 11.5 Å². The van der Waals surface area contributed by atoms with E-state index in [1.807, 2.05) is 30.3 Å². The Labute approximate surface area is 136 Å². The van der Waals surface area contributed by atoms with Crippen LogP contribution >= 0.6 is 50.1 Å². The molecule has 0 spiro atoms. The summed E-state index contributed by atoms with van der Waals surface area (Å²) in [4.78, 5) is 4.40. The first-order chi connectivity index (χ1) is 9.11. The average molecular weight is 449 g/mol. The molecule has 19 heavy (non-hydrogen) atoms. The van der Waals surface area contributed by atoms with E-state index in [1.54, 1.807) is 0 Å². The number of anilines is 2. The molecule has 4 nitrogen and oxygen atoms in total. The Hall–Kier alpha value is -0.860. The SMILES string of the molecule is Clc1cc(I)cc(Nc2n[nH]c3ccc(Br)nc23)c1. The zero-order valence-electron chi connectivity index (χ0n) is 9.42. The Bertz CT molecular complexity index is 738. The second-order valence-electron chi connectivity index (χ2n) is 3.89. The quantitative estimate of drug-likeness (QED) is 0.440. The van der Waals surface area contributed by atoms with Crippen molar-refractivity contribution >= 4 is 72.7 Å². The van der Waals surface area contributed by atoms with Crippen LogP contribution in [0.1, 0.15) is 0 Å². The zero-order chi connectivity index (χ0) is 13.4. The topological polar surface area (TPSA) is 53.6 Å². The summed E-state index contributed by atoms with van der Waals surface area (Å²) < 4.78 is 1.83. The van der Waals surface area contributed by atoms with Gasteiger partial charge in [-0.15, -0.1) is 0 Å². The molecule has 0 saturated carbocycles. The number of hydrogen-bond donors (Lipinski definition) is 2. The van der Waals surface area contributed by atoms with Crippen molar-refractivity contribution in [3.63, 3.8) is 0 Å². The molecule has 3 rings (SSSR count). The van der Waals surface area contributed by atoms with Crippen LogP contribution in [0.15, 0.2) is 34.9 Å². The van der Waals surface area contributed by atoms with Crippen molar-refractivity contribution in [2.45, 2.75) is 0 Å².